The number of carbonyl (C=O) groups excluding carboxylic acids is 2. The summed E-state index contributed by atoms with van der Waals surface area (Å²) >= 11 is 2.71. The van der Waals surface area contributed by atoms with Crippen LogP contribution < -0.4 is 9.91 Å². The molecule has 0 radical (unpaired) electrons. The van der Waals surface area contributed by atoms with Crippen molar-refractivity contribution in [3.8, 4) is 0 Å². The molecule has 2 aliphatic heterocycles. The maximum Gasteiger partial charge on any atom is 0.268 e. The molecule has 1 saturated heterocycles. The van der Waals surface area contributed by atoms with Crippen molar-refractivity contribution in [3.05, 3.63) is 137 Å². The molecule has 0 aromatic heterocycles. The average molecular weight is 520 g/mol. The topological polar surface area (TPSA) is 53.0 Å². The van der Waals surface area contributed by atoms with Crippen molar-refractivity contribution < 1.29 is 9.59 Å². The molecule has 0 N–H and O–H groups in total. The van der Waals surface area contributed by atoms with E-state index in [0.717, 1.165) is 16.9 Å². The van der Waals surface area contributed by atoms with Crippen LogP contribution in [-0.4, -0.2) is 21.1 Å². The Morgan fingerprint density at radius 3 is 1.86 bits per heavy atom. The number of carbonyl (C=O) groups is 2. The largest absolute Gasteiger partial charge is 0.286 e. The third-order valence-corrected chi connectivity index (χ3v) is 8.69. The summed E-state index contributed by atoms with van der Waals surface area (Å²) in [5, 5.41) is 6.97. The summed E-state index contributed by atoms with van der Waals surface area (Å²) in [4.78, 5) is 29.9. The van der Waals surface area contributed by atoms with Crippen molar-refractivity contribution in [1.82, 2.24) is 0 Å². The van der Waals surface area contributed by atoms with Gasteiger partial charge in [-0.3, -0.25) is 14.5 Å². The second kappa shape index (κ2) is 9.76. The predicted octanol–water partition coefficient (Wildman–Crippen LogP) is 6.87. The summed E-state index contributed by atoms with van der Waals surface area (Å²) < 4.78 is -1.06. The smallest absolute Gasteiger partial charge is 0.268 e. The van der Waals surface area contributed by atoms with Crippen molar-refractivity contribution >= 4 is 57.7 Å². The van der Waals surface area contributed by atoms with Gasteiger partial charge in [0.05, 0.1) is 10.6 Å². The molecule has 0 bridgehead atoms. The van der Waals surface area contributed by atoms with Crippen LogP contribution in [0, 0.1) is 0 Å². The number of hydrogen-bond donors (Lipinski definition) is 0. The number of hydrogen-bond acceptors (Lipinski definition) is 6. The van der Waals surface area contributed by atoms with Crippen LogP contribution in [0.1, 0.15) is 15.9 Å². The first-order chi connectivity index (χ1) is 18.2. The number of hydrazone groups is 1. The second-order valence-corrected chi connectivity index (χ2v) is 11.0. The minimum Gasteiger partial charge on any atom is -0.286 e. The van der Waals surface area contributed by atoms with E-state index in [4.69, 9.17) is 5.10 Å². The van der Waals surface area contributed by atoms with E-state index in [1.165, 1.54) is 23.5 Å². The molecule has 1 fully saturated rings. The molecule has 1 atom stereocenters. The Bertz CT molecular complexity index is 1510. The van der Waals surface area contributed by atoms with Crippen molar-refractivity contribution in [2.75, 3.05) is 9.91 Å². The van der Waals surface area contributed by atoms with Gasteiger partial charge in [-0.15, -0.1) is 0 Å². The van der Waals surface area contributed by atoms with E-state index in [1.54, 1.807) is 22.0 Å². The lowest BCUT2D eigenvalue weighted by Crippen LogP contribution is -2.51. The van der Waals surface area contributed by atoms with Crippen molar-refractivity contribution in [2.24, 2.45) is 5.10 Å². The van der Waals surface area contributed by atoms with Crippen LogP contribution in [0.2, 0.25) is 0 Å². The van der Waals surface area contributed by atoms with E-state index in [-0.39, 0.29) is 11.7 Å². The highest BCUT2D eigenvalue weighted by molar-refractivity contribution is 8.29. The third kappa shape index (κ3) is 4.26. The lowest BCUT2D eigenvalue weighted by Gasteiger charge is -2.38. The van der Waals surface area contributed by atoms with E-state index in [2.05, 4.69) is 0 Å². The molecule has 2 aliphatic rings. The molecule has 1 amide bonds. The van der Waals surface area contributed by atoms with Crippen molar-refractivity contribution in [2.45, 2.75) is 4.33 Å². The minimum atomic E-state index is -1.06. The Balaban J connectivity index is 1.51. The summed E-state index contributed by atoms with van der Waals surface area (Å²) in [7, 11) is 0. The van der Waals surface area contributed by atoms with Gasteiger partial charge in [0.2, 0.25) is 10.1 Å². The number of benzene rings is 4. The van der Waals surface area contributed by atoms with E-state index >= 15 is 0 Å². The van der Waals surface area contributed by atoms with E-state index < -0.39 is 4.33 Å². The molecule has 7 heteroatoms. The van der Waals surface area contributed by atoms with Crippen LogP contribution >= 0.6 is 23.5 Å². The van der Waals surface area contributed by atoms with Gasteiger partial charge in [-0.1, -0.05) is 109 Å². The highest BCUT2D eigenvalue weighted by Crippen LogP contribution is 2.59. The normalized spacial score (nSPS) is 20.1. The molecule has 0 aliphatic carbocycles. The minimum absolute atomic E-state index is 0.142. The van der Waals surface area contributed by atoms with Crippen LogP contribution in [0.5, 0.6) is 0 Å². The standard InChI is InChI=1S/C30H21N3O2S2/c34-27(23-15-7-2-8-16-23)28-31-33(25-19-11-4-12-20-25)30(37-28)32(24-17-9-3-10-18-24)29(35)26(36-30)21-22-13-5-1-6-14-22/h1-21H. The van der Waals surface area contributed by atoms with Crippen molar-refractivity contribution in [1.29, 1.82) is 0 Å². The van der Waals surface area contributed by atoms with Crippen LogP contribution in [-0.2, 0) is 4.79 Å². The summed E-state index contributed by atoms with van der Waals surface area (Å²) in [6.07, 6.45) is 1.90. The molecule has 5 nitrogen and oxygen atoms in total. The molecule has 4 aromatic rings. The van der Waals surface area contributed by atoms with Crippen LogP contribution in [0.25, 0.3) is 6.08 Å². The SMILES string of the molecule is O=C(C1=NN(c2ccccc2)C2(SC(=Cc3ccccc3)C(=O)N2c2ccccc2)S1)c1ccccc1. The van der Waals surface area contributed by atoms with Gasteiger partial charge in [-0.2, -0.15) is 5.10 Å². The summed E-state index contributed by atoms with van der Waals surface area (Å²) in [5.41, 5.74) is 3.00. The molecule has 37 heavy (non-hydrogen) atoms. The highest BCUT2D eigenvalue weighted by atomic mass is 32.2. The number of ketones is 1. The van der Waals surface area contributed by atoms with Crippen LogP contribution in [0.3, 0.4) is 0 Å². The maximum atomic E-state index is 14.1. The molecule has 1 spiro atoms. The van der Waals surface area contributed by atoms with Gasteiger partial charge in [0.15, 0.2) is 5.04 Å². The number of amides is 1. The van der Waals surface area contributed by atoms with Crippen LogP contribution in [0.4, 0.5) is 11.4 Å². The molecular formula is C30H21N3O2S2. The fraction of sp³-hybridized carbons (Fsp3) is 0.0333. The Morgan fingerprint density at radius 1 is 0.703 bits per heavy atom. The zero-order valence-corrected chi connectivity index (χ0v) is 21.2. The first-order valence-electron chi connectivity index (χ1n) is 11.7. The zero-order valence-electron chi connectivity index (χ0n) is 19.6. The lowest BCUT2D eigenvalue weighted by molar-refractivity contribution is -0.114. The van der Waals surface area contributed by atoms with Gasteiger partial charge in [-0.25, -0.2) is 5.01 Å². The Hall–Kier alpha value is -4.07. The van der Waals surface area contributed by atoms with Gasteiger partial charge >= 0.3 is 0 Å². The summed E-state index contributed by atoms with van der Waals surface area (Å²) in [5.74, 6) is -0.318. The quantitative estimate of drug-likeness (QED) is 0.213. The number of nitrogens with zero attached hydrogens (tertiary/aromatic N) is 3. The fourth-order valence-electron chi connectivity index (χ4n) is 4.26. The number of thioether (sulfide) groups is 2. The molecule has 180 valence electrons. The van der Waals surface area contributed by atoms with Crippen LogP contribution in [0.15, 0.2) is 131 Å². The third-order valence-electron chi connectivity index (χ3n) is 5.97. The summed E-state index contributed by atoms with van der Waals surface area (Å²) in [6, 6.07) is 38.1. The predicted molar refractivity (Wildman–Crippen MR) is 153 cm³/mol. The summed E-state index contributed by atoms with van der Waals surface area (Å²) in [6.45, 7) is 0. The van der Waals surface area contributed by atoms with E-state index in [0.29, 0.717) is 15.5 Å². The van der Waals surface area contributed by atoms with E-state index in [1.807, 2.05) is 115 Å². The first-order valence-corrected chi connectivity index (χ1v) is 13.4. The molecule has 2 heterocycles. The van der Waals surface area contributed by atoms with Gasteiger partial charge in [0, 0.05) is 11.3 Å². The molecule has 0 saturated carbocycles. The zero-order chi connectivity index (χ0) is 25.2. The average Bonchev–Trinajstić information content (AvgIpc) is 3.46. The van der Waals surface area contributed by atoms with Gasteiger partial charge in [0.1, 0.15) is 0 Å². The van der Waals surface area contributed by atoms with Gasteiger partial charge < -0.3 is 0 Å². The van der Waals surface area contributed by atoms with Gasteiger partial charge in [-0.05, 0) is 47.7 Å². The Morgan fingerprint density at radius 2 is 1.24 bits per heavy atom. The monoisotopic (exact) mass is 519 g/mol. The molecular weight excluding hydrogens is 498 g/mol. The number of anilines is 2. The molecule has 1 unspecified atom stereocenters. The first kappa shape index (κ1) is 23.3. The number of rotatable bonds is 5. The van der Waals surface area contributed by atoms with Gasteiger partial charge in [0.25, 0.3) is 5.91 Å². The van der Waals surface area contributed by atoms with E-state index in [9.17, 15) is 9.59 Å². The number of para-hydroxylation sites is 2. The Kier molecular flexibility index (Phi) is 6.16. The Labute approximate surface area is 223 Å². The highest BCUT2D eigenvalue weighted by Gasteiger charge is 2.60. The molecule has 6 rings (SSSR count). The fourth-order valence-corrected chi connectivity index (χ4v) is 7.21. The second-order valence-electron chi connectivity index (χ2n) is 8.40. The maximum absolute atomic E-state index is 14.1. The van der Waals surface area contributed by atoms with Crippen molar-refractivity contribution in [3.63, 3.8) is 0 Å². The molecule has 4 aromatic carbocycles. The lowest BCUT2D eigenvalue weighted by atomic mass is 10.1. The number of Topliss-reactive ketones (excluding diaryl/α,β-unsaturated/α-hetero) is 1.